The molecule has 1 heterocycles. The van der Waals surface area contributed by atoms with E-state index in [0.29, 0.717) is 24.5 Å². The van der Waals surface area contributed by atoms with Gasteiger partial charge in [0.05, 0.1) is 17.9 Å². The highest BCUT2D eigenvalue weighted by Crippen LogP contribution is 2.05. The van der Waals surface area contributed by atoms with E-state index in [1.807, 2.05) is 13.0 Å². The quantitative estimate of drug-likeness (QED) is 0.889. The van der Waals surface area contributed by atoms with Crippen LogP contribution in [0.1, 0.15) is 23.0 Å². The number of hydrogen-bond donors (Lipinski definition) is 2. The van der Waals surface area contributed by atoms with E-state index >= 15 is 0 Å². The van der Waals surface area contributed by atoms with Crippen molar-refractivity contribution in [2.24, 2.45) is 0 Å². The molecule has 0 bridgehead atoms. The van der Waals surface area contributed by atoms with Crippen LogP contribution < -0.4 is 10.6 Å². The van der Waals surface area contributed by atoms with Crippen molar-refractivity contribution >= 4 is 17.6 Å². The maximum absolute atomic E-state index is 11.9. The lowest BCUT2D eigenvalue weighted by atomic mass is 10.2. The van der Waals surface area contributed by atoms with Crippen LogP contribution in [0.4, 0.5) is 10.5 Å². The molecule has 0 spiro atoms. The summed E-state index contributed by atoms with van der Waals surface area (Å²) in [6, 6.07) is 11.6. The van der Waals surface area contributed by atoms with Gasteiger partial charge in [0.2, 0.25) is 0 Å². The van der Waals surface area contributed by atoms with Gasteiger partial charge < -0.3 is 10.1 Å². The third-order valence-corrected chi connectivity index (χ3v) is 2.80. The Labute approximate surface area is 128 Å². The van der Waals surface area contributed by atoms with Gasteiger partial charge in [-0.15, -0.1) is 0 Å². The first-order chi connectivity index (χ1) is 10.7. The van der Waals surface area contributed by atoms with Gasteiger partial charge in [0.25, 0.3) is 5.91 Å². The Morgan fingerprint density at radius 1 is 1.14 bits per heavy atom. The fourth-order valence-corrected chi connectivity index (χ4v) is 1.71. The highest BCUT2D eigenvalue weighted by Gasteiger charge is 2.10. The predicted octanol–water partition coefficient (Wildman–Crippen LogP) is 2.58. The molecule has 6 heteroatoms. The Morgan fingerprint density at radius 3 is 2.55 bits per heavy atom. The molecule has 1 aromatic carbocycles. The second kappa shape index (κ2) is 7.90. The topological polar surface area (TPSA) is 80.3 Å². The van der Waals surface area contributed by atoms with Gasteiger partial charge in [-0.25, -0.2) is 4.79 Å². The molecule has 0 unspecified atom stereocenters. The molecule has 2 N–H and O–H groups in total. The van der Waals surface area contributed by atoms with Crippen molar-refractivity contribution in [3.05, 3.63) is 59.9 Å². The Balaban J connectivity index is 1.90. The molecule has 2 aromatic rings. The zero-order valence-electron chi connectivity index (χ0n) is 12.2. The molecule has 0 saturated heterocycles. The SMILES string of the molecule is CCOCc1ccc(C(=O)NC(=O)Nc2ccccc2)cn1. The van der Waals surface area contributed by atoms with Crippen molar-refractivity contribution in [2.45, 2.75) is 13.5 Å². The molecule has 114 valence electrons. The summed E-state index contributed by atoms with van der Waals surface area (Å²) in [4.78, 5) is 27.8. The van der Waals surface area contributed by atoms with E-state index in [0.717, 1.165) is 5.69 Å². The fourth-order valence-electron chi connectivity index (χ4n) is 1.71. The number of carbonyl (C=O) groups is 2. The Bertz CT molecular complexity index is 627. The molecular formula is C16H17N3O3. The van der Waals surface area contributed by atoms with Crippen LogP contribution in [0.5, 0.6) is 0 Å². The summed E-state index contributed by atoms with van der Waals surface area (Å²) < 4.78 is 5.22. The first-order valence-corrected chi connectivity index (χ1v) is 6.89. The van der Waals surface area contributed by atoms with Crippen molar-refractivity contribution in [3.63, 3.8) is 0 Å². The number of carbonyl (C=O) groups excluding carboxylic acids is 2. The fraction of sp³-hybridized carbons (Fsp3) is 0.188. The van der Waals surface area contributed by atoms with Crippen molar-refractivity contribution < 1.29 is 14.3 Å². The van der Waals surface area contributed by atoms with Gasteiger partial charge in [0.15, 0.2) is 0 Å². The lowest BCUT2D eigenvalue weighted by Crippen LogP contribution is -2.34. The standard InChI is InChI=1S/C16H17N3O3/c1-2-22-11-14-9-8-12(10-17-14)15(20)19-16(21)18-13-6-4-3-5-7-13/h3-10H,2,11H2,1H3,(H2,18,19,20,21). The summed E-state index contributed by atoms with van der Waals surface area (Å²) in [6.45, 7) is 2.89. The number of pyridine rings is 1. The van der Waals surface area contributed by atoms with Crippen LogP contribution in [0.3, 0.4) is 0 Å². The van der Waals surface area contributed by atoms with Crippen molar-refractivity contribution in [1.82, 2.24) is 10.3 Å². The molecule has 0 fully saturated rings. The van der Waals surface area contributed by atoms with E-state index in [1.165, 1.54) is 6.20 Å². The van der Waals surface area contributed by atoms with Crippen LogP contribution in [-0.4, -0.2) is 23.5 Å². The Kier molecular flexibility index (Phi) is 5.62. The molecule has 3 amide bonds. The monoisotopic (exact) mass is 299 g/mol. The number of nitrogens with one attached hydrogen (secondary N) is 2. The molecule has 0 aliphatic rings. The number of aromatic nitrogens is 1. The molecule has 0 aliphatic heterocycles. The molecule has 6 nitrogen and oxygen atoms in total. The molecule has 22 heavy (non-hydrogen) atoms. The van der Waals surface area contributed by atoms with Gasteiger partial charge in [-0.1, -0.05) is 18.2 Å². The number of hydrogen-bond acceptors (Lipinski definition) is 4. The summed E-state index contributed by atoms with van der Waals surface area (Å²) in [5, 5.41) is 4.82. The number of urea groups is 1. The van der Waals surface area contributed by atoms with Crippen LogP contribution in [0.15, 0.2) is 48.7 Å². The minimum Gasteiger partial charge on any atom is -0.375 e. The lowest BCUT2D eigenvalue weighted by molar-refractivity contribution is 0.0966. The lowest BCUT2D eigenvalue weighted by Gasteiger charge is -2.07. The third-order valence-electron chi connectivity index (χ3n) is 2.80. The number of para-hydroxylation sites is 1. The average molecular weight is 299 g/mol. The second-order valence-electron chi connectivity index (χ2n) is 4.45. The van der Waals surface area contributed by atoms with E-state index in [2.05, 4.69) is 15.6 Å². The number of benzene rings is 1. The largest absolute Gasteiger partial charge is 0.375 e. The minimum absolute atomic E-state index is 0.309. The molecule has 0 radical (unpaired) electrons. The van der Waals surface area contributed by atoms with E-state index < -0.39 is 11.9 Å². The first-order valence-electron chi connectivity index (χ1n) is 6.89. The summed E-state index contributed by atoms with van der Waals surface area (Å²) in [7, 11) is 0. The van der Waals surface area contributed by atoms with Gasteiger partial charge in [-0.3, -0.25) is 15.1 Å². The van der Waals surface area contributed by atoms with Crippen LogP contribution in [0.25, 0.3) is 0 Å². The number of anilines is 1. The molecule has 1 aromatic heterocycles. The third kappa shape index (κ3) is 4.68. The summed E-state index contributed by atoms with van der Waals surface area (Å²) in [6.07, 6.45) is 1.42. The van der Waals surface area contributed by atoms with Gasteiger partial charge in [-0.2, -0.15) is 0 Å². The Morgan fingerprint density at radius 2 is 1.91 bits per heavy atom. The van der Waals surface area contributed by atoms with Gasteiger partial charge in [0, 0.05) is 18.5 Å². The van der Waals surface area contributed by atoms with Gasteiger partial charge in [-0.05, 0) is 31.2 Å². The second-order valence-corrected chi connectivity index (χ2v) is 4.45. The summed E-state index contributed by atoms with van der Waals surface area (Å²) in [5.41, 5.74) is 1.65. The predicted molar refractivity (Wildman–Crippen MR) is 82.5 cm³/mol. The Hall–Kier alpha value is -2.73. The van der Waals surface area contributed by atoms with Crippen LogP contribution >= 0.6 is 0 Å². The molecule has 2 rings (SSSR count). The zero-order chi connectivity index (χ0) is 15.8. The van der Waals surface area contributed by atoms with Crippen molar-refractivity contribution in [3.8, 4) is 0 Å². The number of nitrogens with zero attached hydrogens (tertiary/aromatic N) is 1. The summed E-state index contributed by atoms with van der Waals surface area (Å²) in [5.74, 6) is -0.510. The van der Waals surface area contributed by atoms with Gasteiger partial charge in [0.1, 0.15) is 0 Å². The first kappa shape index (κ1) is 15.7. The smallest absolute Gasteiger partial charge is 0.326 e. The van der Waals surface area contributed by atoms with E-state index in [9.17, 15) is 9.59 Å². The van der Waals surface area contributed by atoms with E-state index in [1.54, 1.807) is 36.4 Å². The van der Waals surface area contributed by atoms with Crippen molar-refractivity contribution in [2.75, 3.05) is 11.9 Å². The maximum Gasteiger partial charge on any atom is 0.326 e. The van der Waals surface area contributed by atoms with Crippen molar-refractivity contribution in [1.29, 1.82) is 0 Å². The molecule has 0 aliphatic carbocycles. The number of imide groups is 1. The summed E-state index contributed by atoms with van der Waals surface area (Å²) >= 11 is 0. The minimum atomic E-state index is -0.588. The average Bonchev–Trinajstić information content (AvgIpc) is 2.54. The molecule has 0 atom stereocenters. The number of ether oxygens (including phenoxy) is 1. The van der Waals surface area contributed by atoms with Crippen LogP contribution in [0.2, 0.25) is 0 Å². The van der Waals surface area contributed by atoms with E-state index in [-0.39, 0.29) is 0 Å². The molecule has 0 saturated carbocycles. The van der Waals surface area contributed by atoms with Crippen LogP contribution in [-0.2, 0) is 11.3 Å². The number of amides is 3. The highest BCUT2D eigenvalue weighted by molar-refractivity contribution is 6.07. The highest BCUT2D eigenvalue weighted by atomic mass is 16.5. The normalized spacial score (nSPS) is 10.0. The zero-order valence-corrected chi connectivity index (χ0v) is 12.2. The van der Waals surface area contributed by atoms with Crippen LogP contribution in [0, 0.1) is 0 Å². The van der Waals surface area contributed by atoms with Gasteiger partial charge >= 0.3 is 6.03 Å². The van der Waals surface area contributed by atoms with E-state index in [4.69, 9.17) is 4.74 Å². The number of rotatable bonds is 5. The maximum atomic E-state index is 11.9. The molecular weight excluding hydrogens is 282 g/mol.